The number of phenols is 1. The number of aromatic hydroxyl groups is 1. The Balaban J connectivity index is 1.74. The van der Waals surface area contributed by atoms with Gasteiger partial charge in [-0.3, -0.25) is 0 Å². The summed E-state index contributed by atoms with van der Waals surface area (Å²) < 4.78 is 13.5. The summed E-state index contributed by atoms with van der Waals surface area (Å²) in [5.74, 6) is 0.439. The standard InChI is InChI=1S/C17H25FN2O/c1-11(2)20-9-12-4-3-5-13(10-20)17(12)19-14-6-7-16(21)15(18)8-14/h6-8,11-13,17,19,21H,3-5,9-10H2,1-2H3. The molecule has 3 nitrogen and oxygen atoms in total. The van der Waals surface area contributed by atoms with Gasteiger partial charge in [0.25, 0.3) is 0 Å². The van der Waals surface area contributed by atoms with E-state index in [9.17, 15) is 9.50 Å². The van der Waals surface area contributed by atoms with E-state index < -0.39 is 5.82 Å². The number of anilines is 1. The van der Waals surface area contributed by atoms with E-state index in [1.54, 1.807) is 6.07 Å². The summed E-state index contributed by atoms with van der Waals surface area (Å²) in [5.41, 5.74) is 0.783. The predicted octanol–water partition coefficient (Wildman–Crippen LogP) is 3.45. The van der Waals surface area contributed by atoms with Crippen molar-refractivity contribution in [3.8, 4) is 5.75 Å². The van der Waals surface area contributed by atoms with Crippen LogP contribution in [0.15, 0.2) is 18.2 Å². The average molecular weight is 292 g/mol. The lowest BCUT2D eigenvalue weighted by Crippen LogP contribution is -2.56. The lowest BCUT2D eigenvalue weighted by Gasteiger charge is -2.49. The number of nitrogens with one attached hydrogen (secondary N) is 1. The summed E-state index contributed by atoms with van der Waals surface area (Å²) in [6.07, 6.45) is 3.80. The molecule has 1 aliphatic carbocycles. The van der Waals surface area contributed by atoms with Crippen LogP contribution in [0.3, 0.4) is 0 Å². The van der Waals surface area contributed by atoms with Crippen LogP contribution in [-0.2, 0) is 0 Å². The molecule has 2 bridgehead atoms. The van der Waals surface area contributed by atoms with Gasteiger partial charge in [0.05, 0.1) is 0 Å². The van der Waals surface area contributed by atoms with Gasteiger partial charge in [0.2, 0.25) is 0 Å². The molecular formula is C17H25FN2O. The van der Waals surface area contributed by atoms with Gasteiger partial charge in [-0.2, -0.15) is 0 Å². The van der Waals surface area contributed by atoms with Crippen LogP contribution in [0.4, 0.5) is 10.1 Å². The molecule has 1 saturated carbocycles. The number of hydrogen-bond donors (Lipinski definition) is 2. The number of nitrogens with zero attached hydrogens (tertiary/aromatic N) is 1. The van der Waals surface area contributed by atoms with E-state index in [0.717, 1.165) is 18.8 Å². The third-order valence-corrected chi connectivity index (χ3v) is 5.11. The van der Waals surface area contributed by atoms with Crippen LogP contribution in [0.2, 0.25) is 0 Å². The van der Waals surface area contributed by atoms with Crippen molar-refractivity contribution in [1.29, 1.82) is 0 Å². The highest BCUT2D eigenvalue weighted by atomic mass is 19.1. The van der Waals surface area contributed by atoms with Crippen LogP contribution in [0.5, 0.6) is 5.75 Å². The first-order valence-electron chi connectivity index (χ1n) is 8.03. The molecule has 2 fully saturated rings. The SMILES string of the molecule is CC(C)N1CC2CCCC(C1)C2Nc1ccc(O)c(F)c1. The van der Waals surface area contributed by atoms with Crippen LogP contribution in [0.25, 0.3) is 0 Å². The normalized spacial score (nSPS) is 29.6. The lowest BCUT2D eigenvalue weighted by atomic mass is 9.73. The van der Waals surface area contributed by atoms with E-state index in [1.165, 1.54) is 31.4 Å². The topological polar surface area (TPSA) is 35.5 Å². The highest BCUT2D eigenvalue weighted by molar-refractivity contribution is 5.48. The second kappa shape index (κ2) is 5.84. The highest BCUT2D eigenvalue weighted by Crippen LogP contribution is 2.37. The van der Waals surface area contributed by atoms with E-state index in [2.05, 4.69) is 24.1 Å². The molecule has 1 heterocycles. The zero-order valence-electron chi connectivity index (χ0n) is 12.8. The van der Waals surface area contributed by atoms with Gasteiger partial charge in [0.15, 0.2) is 11.6 Å². The van der Waals surface area contributed by atoms with Crippen LogP contribution in [0, 0.1) is 17.7 Å². The van der Waals surface area contributed by atoms with Crippen molar-refractivity contribution >= 4 is 5.69 Å². The molecule has 4 heteroatoms. The van der Waals surface area contributed by atoms with Crippen molar-refractivity contribution in [3.63, 3.8) is 0 Å². The number of halogens is 1. The van der Waals surface area contributed by atoms with Gasteiger partial charge in [-0.1, -0.05) is 6.42 Å². The number of piperidine rings is 1. The van der Waals surface area contributed by atoms with E-state index >= 15 is 0 Å². The summed E-state index contributed by atoms with van der Waals surface area (Å²) >= 11 is 0. The molecule has 0 amide bonds. The number of rotatable bonds is 3. The van der Waals surface area contributed by atoms with Crippen molar-refractivity contribution in [2.24, 2.45) is 11.8 Å². The Bertz CT molecular complexity index is 492. The number of benzene rings is 1. The fraction of sp³-hybridized carbons (Fsp3) is 0.647. The van der Waals surface area contributed by atoms with Gasteiger partial charge < -0.3 is 15.3 Å². The monoisotopic (exact) mass is 292 g/mol. The first-order valence-corrected chi connectivity index (χ1v) is 8.03. The Morgan fingerprint density at radius 1 is 1.24 bits per heavy atom. The second-order valence-electron chi connectivity index (χ2n) is 6.84. The molecule has 21 heavy (non-hydrogen) atoms. The van der Waals surface area contributed by atoms with Gasteiger partial charge in [-0.25, -0.2) is 4.39 Å². The fourth-order valence-electron chi connectivity index (χ4n) is 3.92. The molecule has 3 rings (SSSR count). The molecule has 2 unspecified atom stereocenters. The molecule has 1 aromatic rings. The van der Waals surface area contributed by atoms with E-state index in [1.807, 2.05) is 0 Å². The third-order valence-electron chi connectivity index (χ3n) is 5.11. The van der Waals surface area contributed by atoms with Gasteiger partial charge in [-0.05, 0) is 50.7 Å². The molecule has 1 saturated heterocycles. The quantitative estimate of drug-likeness (QED) is 0.838. The number of likely N-dealkylation sites (tertiary alicyclic amines) is 1. The van der Waals surface area contributed by atoms with Crippen molar-refractivity contribution in [1.82, 2.24) is 4.90 Å². The van der Waals surface area contributed by atoms with Crippen LogP contribution in [-0.4, -0.2) is 35.2 Å². The minimum absolute atomic E-state index is 0.282. The molecular weight excluding hydrogens is 267 g/mol. The lowest BCUT2D eigenvalue weighted by molar-refractivity contribution is 0.0518. The van der Waals surface area contributed by atoms with Gasteiger partial charge in [0, 0.05) is 36.9 Å². The Hall–Kier alpha value is -1.29. The van der Waals surface area contributed by atoms with Gasteiger partial charge in [-0.15, -0.1) is 0 Å². The molecule has 2 atom stereocenters. The molecule has 0 radical (unpaired) electrons. The highest BCUT2D eigenvalue weighted by Gasteiger charge is 2.39. The van der Waals surface area contributed by atoms with Crippen LogP contribution >= 0.6 is 0 Å². The largest absolute Gasteiger partial charge is 0.505 e. The average Bonchev–Trinajstić information content (AvgIpc) is 2.42. The number of hydrogen-bond acceptors (Lipinski definition) is 3. The summed E-state index contributed by atoms with van der Waals surface area (Å²) in [7, 11) is 0. The zero-order chi connectivity index (χ0) is 15.0. The molecule has 116 valence electrons. The van der Waals surface area contributed by atoms with Crippen molar-refractivity contribution in [2.75, 3.05) is 18.4 Å². The molecule has 1 aliphatic heterocycles. The molecule has 2 N–H and O–H groups in total. The van der Waals surface area contributed by atoms with E-state index in [-0.39, 0.29) is 5.75 Å². The van der Waals surface area contributed by atoms with Crippen LogP contribution in [0.1, 0.15) is 33.1 Å². The molecule has 0 aromatic heterocycles. The minimum Gasteiger partial charge on any atom is -0.505 e. The zero-order valence-corrected chi connectivity index (χ0v) is 12.8. The van der Waals surface area contributed by atoms with E-state index in [0.29, 0.717) is 23.9 Å². The summed E-state index contributed by atoms with van der Waals surface area (Å²) in [5, 5.41) is 12.8. The smallest absolute Gasteiger partial charge is 0.166 e. The second-order valence-corrected chi connectivity index (χ2v) is 6.84. The Labute approximate surface area is 126 Å². The maximum absolute atomic E-state index is 13.5. The Kier molecular flexibility index (Phi) is 4.07. The molecule has 2 aliphatic rings. The Morgan fingerprint density at radius 2 is 1.90 bits per heavy atom. The maximum atomic E-state index is 13.5. The predicted molar refractivity (Wildman–Crippen MR) is 83.0 cm³/mol. The Morgan fingerprint density at radius 3 is 2.48 bits per heavy atom. The summed E-state index contributed by atoms with van der Waals surface area (Å²) in [4.78, 5) is 2.57. The van der Waals surface area contributed by atoms with Gasteiger partial charge >= 0.3 is 0 Å². The first kappa shape index (κ1) is 14.6. The van der Waals surface area contributed by atoms with E-state index in [4.69, 9.17) is 0 Å². The number of phenolic OH excluding ortho intramolecular Hbond substituents is 1. The first-order chi connectivity index (χ1) is 10.0. The maximum Gasteiger partial charge on any atom is 0.166 e. The van der Waals surface area contributed by atoms with Crippen LogP contribution < -0.4 is 5.32 Å². The van der Waals surface area contributed by atoms with Crippen molar-refractivity contribution < 1.29 is 9.50 Å². The summed E-state index contributed by atoms with van der Waals surface area (Å²) in [6, 6.07) is 5.62. The third kappa shape index (κ3) is 3.00. The molecule has 1 aromatic carbocycles. The van der Waals surface area contributed by atoms with Gasteiger partial charge in [0.1, 0.15) is 0 Å². The fourth-order valence-corrected chi connectivity index (χ4v) is 3.92. The number of fused-ring (bicyclic) bond motifs is 2. The minimum atomic E-state index is -0.551. The summed E-state index contributed by atoms with van der Waals surface area (Å²) in [6.45, 7) is 6.79. The van der Waals surface area contributed by atoms with Crippen molar-refractivity contribution in [2.45, 2.75) is 45.2 Å². The molecule has 0 spiro atoms. The van der Waals surface area contributed by atoms with Crippen molar-refractivity contribution in [3.05, 3.63) is 24.0 Å².